The molecule has 0 spiro atoms. The first kappa shape index (κ1) is 22.5. The van der Waals surface area contributed by atoms with Crippen molar-refractivity contribution in [1.29, 1.82) is 0 Å². The van der Waals surface area contributed by atoms with Gasteiger partial charge in [-0.2, -0.15) is 17.0 Å². The van der Waals surface area contributed by atoms with Crippen LogP contribution in [0.1, 0.15) is 58.9 Å². The van der Waals surface area contributed by atoms with Crippen LogP contribution in [0, 0.1) is 0 Å². The van der Waals surface area contributed by atoms with Gasteiger partial charge in [-0.3, -0.25) is 0 Å². The molecule has 1 amide bonds. The minimum absolute atomic E-state index is 0.240. The van der Waals surface area contributed by atoms with Crippen LogP contribution >= 0.6 is 0 Å². The van der Waals surface area contributed by atoms with Gasteiger partial charge in [0, 0.05) is 32.1 Å². The van der Waals surface area contributed by atoms with E-state index in [2.05, 4.69) is 0 Å². The number of hydrogen-bond acceptors (Lipinski definition) is 5. The molecule has 8 heteroatoms. The summed E-state index contributed by atoms with van der Waals surface area (Å²) in [5.74, 6) is 0.740. The molecule has 0 N–H and O–H groups in total. The number of unbranched alkanes of at least 4 members (excludes halogenated alkanes) is 2. The van der Waals surface area contributed by atoms with Crippen LogP contribution in [0.2, 0.25) is 0 Å². The SMILES string of the molecule is CCCCN(CCCC)S(=O)(=O)N(C)C(=O)Oc1cccc2c1OC(C)(C)C2. The van der Waals surface area contributed by atoms with Gasteiger partial charge in [0.15, 0.2) is 11.5 Å². The first-order chi connectivity index (χ1) is 13.1. The predicted molar refractivity (Wildman–Crippen MR) is 109 cm³/mol. The van der Waals surface area contributed by atoms with E-state index >= 15 is 0 Å². The minimum Gasteiger partial charge on any atom is -0.483 e. The van der Waals surface area contributed by atoms with Crippen molar-refractivity contribution in [1.82, 2.24) is 8.61 Å². The molecule has 0 saturated heterocycles. The van der Waals surface area contributed by atoms with Gasteiger partial charge in [-0.25, -0.2) is 4.79 Å². The van der Waals surface area contributed by atoms with Crippen molar-refractivity contribution in [3.8, 4) is 11.5 Å². The van der Waals surface area contributed by atoms with Crippen LogP contribution < -0.4 is 9.47 Å². The summed E-state index contributed by atoms with van der Waals surface area (Å²) in [5, 5.41) is 0. The van der Waals surface area contributed by atoms with E-state index in [-0.39, 0.29) is 11.4 Å². The fourth-order valence-electron chi connectivity index (χ4n) is 3.10. The second-order valence-electron chi connectivity index (χ2n) is 7.73. The second kappa shape index (κ2) is 9.13. The molecule has 0 fully saturated rings. The number of para-hydroxylation sites is 1. The van der Waals surface area contributed by atoms with E-state index in [0.29, 0.717) is 29.6 Å². The fraction of sp³-hybridized carbons (Fsp3) is 0.650. The maximum Gasteiger partial charge on any atom is 0.429 e. The van der Waals surface area contributed by atoms with E-state index in [4.69, 9.17) is 9.47 Å². The van der Waals surface area contributed by atoms with E-state index in [1.807, 2.05) is 33.8 Å². The molecule has 1 aliphatic rings. The number of nitrogens with zero attached hydrogens (tertiary/aromatic N) is 2. The number of rotatable bonds is 9. The van der Waals surface area contributed by atoms with E-state index in [9.17, 15) is 13.2 Å². The van der Waals surface area contributed by atoms with Crippen molar-refractivity contribution in [3.63, 3.8) is 0 Å². The maximum atomic E-state index is 12.9. The van der Waals surface area contributed by atoms with Crippen LogP contribution in [0.3, 0.4) is 0 Å². The molecule has 0 atom stereocenters. The van der Waals surface area contributed by atoms with Gasteiger partial charge < -0.3 is 9.47 Å². The smallest absolute Gasteiger partial charge is 0.429 e. The van der Waals surface area contributed by atoms with Crippen LogP contribution in [0.25, 0.3) is 0 Å². The average molecular weight is 413 g/mol. The molecule has 0 aliphatic carbocycles. The third kappa shape index (κ3) is 5.17. The summed E-state index contributed by atoms with van der Waals surface area (Å²) in [6, 6.07) is 5.30. The zero-order valence-corrected chi connectivity index (χ0v) is 18.3. The van der Waals surface area contributed by atoms with E-state index in [1.165, 1.54) is 11.4 Å². The van der Waals surface area contributed by atoms with Crippen LogP contribution in [-0.4, -0.2) is 48.9 Å². The van der Waals surface area contributed by atoms with Crippen LogP contribution in [0.5, 0.6) is 11.5 Å². The van der Waals surface area contributed by atoms with Gasteiger partial charge >= 0.3 is 16.3 Å². The average Bonchev–Trinajstić information content (AvgIpc) is 2.95. The molecule has 1 aromatic carbocycles. The molecule has 28 heavy (non-hydrogen) atoms. The highest BCUT2D eigenvalue weighted by molar-refractivity contribution is 7.87. The first-order valence-electron chi connectivity index (χ1n) is 9.89. The number of fused-ring (bicyclic) bond motifs is 1. The Hall–Kier alpha value is -1.80. The summed E-state index contributed by atoms with van der Waals surface area (Å²) in [7, 11) is -2.72. The Morgan fingerprint density at radius 2 is 1.79 bits per heavy atom. The molecule has 0 radical (unpaired) electrons. The molecule has 1 aromatic rings. The van der Waals surface area contributed by atoms with Crippen molar-refractivity contribution in [2.24, 2.45) is 0 Å². The molecule has 7 nitrogen and oxygen atoms in total. The third-order valence-electron chi connectivity index (χ3n) is 4.70. The summed E-state index contributed by atoms with van der Waals surface area (Å²) in [4.78, 5) is 12.6. The fourth-order valence-corrected chi connectivity index (χ4v) is 4.40. The quantitative estimate of drug-likeness (QED) is 0.613. The maximum absolute atomic E-state index is 12.9. The lowest BCUT2D eigenvalue weighted by molar-refractivity contribution is 0.131. The van der Waals surface area contributed by atoms with Crippen LogP contribution in [0.15, 0.2) is 18.2 Å². The second-order valence-corrected chi connectivity index (χ2v) is 9.69. The van der Waals surface area contributed by atoms with Crippen molar-refractivity contribution in [2.45, 2.75) is 65.4 Å². The van der Waals surface area contributed by atoms with Crippen molar-refractivity contribution in [2.75, 3.05) is 20.1 Å². The highest BCUT2D eigenvalue weighted by Gasteiger charge is 2.35. The summed E-state index contributed by atoms with van der Waals surface area (Å²) in [5.41, 5.74) is 0.549. The molecule has 158 valence electrons. The van der Waals surface area contributed by atoms with E-state index in [0.717, 1.165) is 31.2 Å². The third-order valence-corrected chi connectivity index (χ3v) is 6.56. The Morgan fingerprint density at radius 1 is 1.18 bits per heavy atom. The molecule has 0 saturated carbocycles. The van der Waals surface area contributed by atoms with Crippen molar-refractivity contribution < 1.29 is 22.7 Å². The number of ether oxygens (including phenoxy) is 2. The lowest BCUT2D eigenvalue weighted by atomic mass is 10.0. The van der Waals surface area contributed by atoms with Crippen molar-refractivity contribution in [3.05, 3.63) is 23.8 Å². The van der Waals surface area contributed by atoms with Crippen molar-refractivity contribution >= 4 is 16.3 Å². The molecule has 0 bridgehead atoms. The zero-order valence-electron chi connectivity index (χ0n) is 17.5. The summed E-state index contributed by atoms with van der Waals surface area (Å²) >= 11 is 0. The topological polar surface area (TPSA) is 76.2 Å². The Balaban J connectivity index is 2.17. The molecule has 0 aromatic heterocycles. The molecule has 0 unspecified atom stereocenters. The number of carbonyl (C=O) groups excluding carboxylic acids is 1. The van der Waals surface area contributed by atoms with Gasteiger partial charge in [0.1, 0.15) is 5.60 Å². The van der Waals surface area contributed by atoms with Gasteiger partial charge in [-0.15, -0.1) is 0 Å². The molecule has 2 rings (SSSR count). The molecular formula is C20H32N2O5S. The lowest BCUT2D eigenvalue weighted by Crippen LogP contribution is -2.46. The minimum atomic E-state index is -3.95. The van der Waals surface area contributed by atoms with Crippen LogP contribution in [-0.2, 0) is 16.6 Å². The Labute approximate surface area is 168 Å². The Bertz CT molecular complexity index is 784. The predicted octanol–water partition coefficient (Wildman–Crippen LogP) is 3.98. The summed E-state index contributed by atoms with van der Waals surface area (Å²) in [6.45, 7) is 8.67. The van der Waals surface area contributed by atoms with E-state index in [1.54, 1.807) is 12.1 Å². The van der Waals surface area contributed by atoms with Gasteiger partial charge in [0.25, 0.3) is 0 Å². The first-order valence-corrected chi connectivity index (χ1v) is 11.3. The summed E-state index contributed by atoms with van der Waals surface area (Å²) < 4.78 is 39.2. The number of benzene rings is 1. The van der Waals surface area contributed by atoms with Gasteiger partial charge in [0.2, 0.25) is 0 Å². The highest BCUT2D eigenvalue weighted by atomic mass is 32.2. The van der Waals surface area contributed by atoms with Gasteiger partial charge in [0.05, 0.1) is 0 Å². The van der Waals surface area contributed by atoms with Gasteiger partial charge in [-0.1, -0.05) is 38.8 Å². The largest absolute Gasteiger partial charge is 0.483 e. The van der Waals surface area contributed by atoms with Gasteiger partial charge in [-0.05, 0) is 32.8 Å². The van der Waals surface area contributed by atoms with E-state index < -0.39 is 16.3 Å². The number of amides is 1. The monoisotopic (exact) mass is 412 g/mol. The normalized spacial score (nSPS) is 15.2. The number of hydrogen-bond donors (Lipinski definition) is 0. The Morgan fingerprint density at radius 3 is 2.36 bits per heavy atom. The Kier molecular flexibility index (Phi) is 7.33. The number of carbonyl (C=O) groups is 1. The molecule has 1 aliphatic heterocycles. The lowest BCUT2D eigenvalue weighted by Gasteiger charge is -2.27. The zero-order chi connectivity index (χ0) is 20.9. The highest BCUT2D eigenvalue weighted by Crippen LogP contribution is 2.41. The molecular weight excluding hydrogens is 380 g/mol. The molecule has 1 heterocycles. The van der Waals surface area contributed by atoms with Crippen LogP contribution in [0.4, 0.5) is 4.79 Å². The summed E-state index contributed by atoms with van der Waals surface area (Å²) in [6.07, 6.45) is 2.97. The standard InChI is InChI=1S/C20H32N2O5S/c1-6-8-13-22(14-9-7-2)28(24,25)21(5)19(23)26-17-12-10-11-16-15-20(3,4)27-18(16)17/h10-12H,6-9,13-15H2,1-5H3.